The fourth-order valence-corrected chi connectivity index (χ4v) is 2.14. The number of carboxylic acids is 1. The molecule has 82 valence electrons. The van der Waals surface area contributed by atoms with Crippen LogP contribution in [0, 0.1) is 5.41 Å². The third kappa shape index (κ3) is 1.71. The van der Waals surface area contributed by atoms with Gasteiger partial charge in [0.1, 0.15) is 0 Å². The van der Waals surface area contributed by atoms with Gasteiger partial charge >= 0.3 is 5.97 Å². The van der Waals surface area contributed by atoms with Gasteiger partial charge in [-0.05, 0) is 18.9 Å². The van der Waals surface area contributed by atoms with Gasteiger partial charge in [0, 0.05) is 26.0 Å². The number of H-pyrrole nitrogens is 1. The van der Waals surface area contributed by atoms with Crippen LogP contribution in [0.3, 0.4) is 0 Å². The molecule has 1 aromatic rings. The number of aromatic amines is 1. The Labute approximate surface area is 88.9 Å². The quantitative estimate of drug-likeness (QED) is 0.792. The first-order chi connectivity index (χ1) is 7.14. The van der Waals surface area contributed by atoms with E-state index >= 15 is 0 Å². The lowest BCUT2D eigenvalue weighted by atomic mass is 9.68. The molecule has 1 fully saturated rings. The molecule has 0 spiro atoms. The lowest BCUT2D eigenvalue weighted by molar-refractivity contribution is -0.153. The molecule has 1 aliphatic rings. The highest BCUT2D eigenvalue weighted by molar-refractivity contribution is 5.76. The lowest BCUT2D eigenvalue weighted by Gasteiger charge is -2.40. The van der Waals surface area contributed by atoms with Gasteiger partial charge in [-0.15, -0.1) is 0 Å². The molecule has 2 N–H and O–H groups in total. The number of aromatic nitrogens is 1. The summed E-state index contributed by atoms with van der Waals surface area (Å²) in [5.41, 5.74) is 0.536. The van der Waals surface area contributed by atoms with E-state index in [0.29, 0.717) is 6.54 Å². The highest BCUT2D eigenvalue weighted by Crippen LogP contribution is 2.42. The molecule has 1 aliphatic carbocycles. The third-order valence-electron chi connectivity index (χ3n) is 3.33. The Kier molecular flexibility index (Phi) is 2.42. The van der Waals surface area contributed by atoms with Crippen molar-refractivity contribution in [3.05, 3.63) is 18.5 Å². The average Bonchev–Trinajstić information content (AvgIpc) is 2.62. The van der Waals surface area contributed by atoms with Gasteiger partial charge in [-0.2, -0.15) is 0 Å². The molecule has 0 amide bonds. The van der Waals surface area contributed by atoms with E-state index in [2.05, 4.69) is 4.98 Å². The molecule has 0 bridgehead atoms. The summed E-state index contributed by atoms with van der Waals surface area (Å²) < 4.78 is 0. The molecule has 0 saturated heterocycles. The van der Waals surface area contributed by atoms with Gasteiger partial charge in [0.05, 0.1) is 11.1 Å². The first kappa shape index (κ1) is 10.1. The fraction of sp³-hybridized carbons (Fsp3) is 0.545. The highest BCUT2D eigenvalue weighted by Gasteiger charge is 2.45. The Hall–Kier alpha value is -1.45. The number of nitrogens with one attached hydrogen (secondary N) is 1. The number of carbonyl (C=O) groups is 1. The van der Waals surface area contributed by atoms with Crippen molar-refractivity contribution in [3.63, 3.8) is 0 Å². The minimum atomic E-state index is -0.656. The molecular formula is C11H16N2O2. The molecule has 0 radical (unpaired) electrons. The number of hydrogen-bond acceptors (Lipinski definition) is 2. The first-order valence-corrected chi connectivity index (χ1v) is 5.21. The Balaban J connectivity index is 2.04. The molecule has 0 unspecified atom stereocenters. The summed E-state index contributed by atoms with van der Waals surface area (Å²) in [4.78, 5) is 16.2. The van der Waals surface area contributed by atoms with Gasteiger partial charge in [-0.3, -0.25) is 4.79 Å². The van der Waals surface area contributed by atoms with Crippen molar-refractivity contribution in [1.82, 2.24) is 4.98 Å². The zero-order valence-corrected chi connectivity index (χ0v) is 8.86. The van der Waals surface area contributed by atoms with E-state index in [4.69, 9.17) is 0 Å². The average molecular weight is 208 g/mol. The van der Waals surface area contributed by atoms with Crippen LogP contribution in [-0.4, -0.2) is 29.7 Å². The normalized spacial score (nSPS) is 18.2. The molecule has 1 saturated carbocycles. The molecule has 4 heteroatoms. The minimum Gasteiger partial charge on any atom is -0.481 e. The summed E-state index contributed by atoms with van der Waals surface area (Å²) in [7, 11) is 1.94. The van der Waals surface area contributed by atoms with E-state index in [0.717, 1.165) is 24.9 Å². The maximum absolute atomic E-state index is 11.2. The van der Waals surface area contributed by atoms with Crippen LogP contribution in [0.15, 0.2) is 18.5 Å². The largest absolute Gasteiger partial charge is 0.481 e. The van der Waals surface area contributed by atoms with Crippen molar-refractivity contribution in [2.24, 2.45) is 5.41 Å². The number of carboxylic acid groups (broad SMARTS) is 1. The van der Waals surface area contributed by atoms with Crippen LogP contribution in [-0.2, 0) is 4.79 Å². The molecule has 1 aromatic heterocycles. The maximum Gasteiger partial charge on any atom is 0.311 e. The van der Waals surface area contributed by atoms with E-state index in [1.54, 1.807) is 0 Å². The van der Waals surface area contributed by atoms with Crippen molar-refractivity contribution in [2.45, 2.75) is 19.3 Å². The Morgan fingerprint density at radius 3 is 2.80 bits per heavy atom. The molecule has 0 atom stereocenters. The third-order valence-corrected chi connectivity index (χ3v) is 3.33. The maximum atomic E-state index is 11.2. The number of aliphatic carboxylic acids is 1. The molecule has 15 heavy (non-hydrogen) atoms. The number of nitrogens with zero attached hydrogens (tertiary/aromatic N) is 1. The molecule has 1 heterocycles. The monoisotopic (exact) mass is 208 g/mol. The molecular weight excluding hydrogens is 192 g/mol. The topological polar surface area (TPSA) is 56.3 Å². The summed E-state index contributed by atoms with van der Waals surface area (Å²) in [5.74, 6) is -0.656. The van der Waals surface area contributed by atoms with Gasteiger partial charge in [0.2, 0.25) is 0 Å². The SMILES string of the molecule is CN(CC1(C(=O)O)CCC1)c1cc[nH]c1. The van der Waals surface area contributed by atoms with Crippen LogP contribution in [0.5, 0.6) is 0 Å². The highest BCUT2D eigenvalue weighted by atomic mass is 16.4. The van der Waals surface area contributed by atoms with Crippen molar-refractivity contribution in [2.75, 3.05) is 18.5 Å². The molecule has 0 aliphatic heterocycles. The second-order valence-corrected chi connectivity index (χ2v) is 4.36. The van der Waals surface area contributed by atoms with Gasteiger partial charge in [0.15, 0.2) is 0 Å². The Bertz CT molecular complexity index is 341. The zero-order valence-electron chi connectivity index (χ0n) is 8.86. The van der Waals surface area contributed by atoms with Crippen molar-refractivity contribution in [1.29, 1.82) is 0 Å². The predicted molar refractivity (Wildman–Crippen MR) is 58.0 cm³/mol. The second kappa shape index (κ2) is 3.61. The number of hydrogen-bond donors (Lipinski definition) is 2. The molecule has 2 rings (SSSR count). The van der Waals surface area contributed by atoms with Crippen LogP contribution >= 0.6 is 0 Å². The van der Waals surface area contributed by atoms with Crippen LogP contribution in [0.1, 0.15) is 19.3 Å². The zero-order chi connectivity index (χ0) is 10.9. The lowest BCUT2D eigenvalue weighted by Crippen LogP contribution is -2.46. The van der Waals surface area contributed by atoms with E-state index in [9.17, 15) is 9.90 Å². The summed E-state index contributed by atoms with van der Waals surface area (Å²) in [5, 5.41) is 9.20. The second-order valence-electron chi connectivity index (χ2n) is 4.36. The van der Waals surface area contributed by atoms with E-state index < -0.39 is 11.4 Å². The van der Waals surface area contributed by atoms with Crippen molar-refractivity contribution < 1.29 is 9.90 Å². The fourth-order valence-electron chi connectivity index (χ4n) is 2.14. The van der Waals surface area contributed by atoms with E-state index in [-0.39, 0.29) is 0 Å². The van der Waals surface area contributed by atoms with Crippen LogP contribution < -0.4 is 4.90 Å². The van der Waals surface area contributed by atoms with E-state index in [1.165, 1.54) is 0 Å². The number of rotatable bonds is 4. The van der Waals surface area contributed by atoms with Crippen LogP contribution in [0.25, 0.3) is 0 Å². The summed E-state index contributed by atoms with van der Waals surface area (Å²) in [6.45, 7) is 0.597. The standard InChI is InChI=1S/C11H16N2O2/c1-13(9-3-6-12-7-9)8-11(10(14)15)4-2-5-11/h3,6-7,12H,2,4-5,8H2,1H3,(H,14,15). The summed E-state index contributed by atoms with van der Waals surface area (Å²) in [6.07, 6.45) is 6.37. The van der Waals surface area contributed by atoms with Gasteiger partial charge in [0.25, 0.3) is 0 Å². The summed E-state index contributed by atoms with van der Waals surface area (Å²) in [6, 6.07) is 1.95. The Morgan fingerprint density at radius 2 is 2.40 bits per heavy atom. The van der Waals surface area contributed by atoms with Crippen molar-refractivity contribution in [3.8, 4) is 0 Å². The minimum absolute atomic E-state index is 0.508. The van der Waals surface area contributed by atoms with Gasteiger partial charge in [-0.25, -0.2) is 0 Å². The van der Waals surface area contributed by atoms with Gasteiger partial charge in [-0.1, -0.05) is 6.42 Å². The Morgan fingerprint density at radius 1 is 1.67 bits per heavy atom. The molecule has 0 aromatic carbocycles. The first-order valence-electron chi connectivity index (χ1n) is 5.21. The predicted octanol–water partition coefficient (Wildman–Crippen LogP) is 1.71. The molecule has 4 nitrogen and oxygen atoms in total. The number of anilines is 1. The van der Waals surface area contributed by atoms with Crippen molar-refractivity contribution >= 4 is 11.7 Å². The van der Waals surface area contributed by atoms with E-state index in [1.807, 2.05) is 30.4 Å². The van der Waals surface area contributed by atoms with Gasteiger partial charge < -0.3 is 15.0 Å². The summed E-state index contributed by atoms with van der Waals surface area (Å²) >= 11 is 0. The van der Waals surface area contributed by atoms with Crippen LogP contribution in [0.4, 0.5) is 5.69 Å². The van der Waals surface area contributed by atoms with Crippen LogP contribution in [0.2, 0.25) is 0 Å². The smallest absolute Gasteiger partial charge is 0.311 e.